The molecule has 0 radical (unpaired) electrons. The van der Waals surface area contributed by atoms with Gasteiger partial charge in [-0.1, -0.05) is 51.1 Å². The fraction of sp³-hybridized carbons (Fsp3) is 0.588. The molecule has 0 bridgehead atoms. The van der Waals surface area contributed by atoms with E-state index >= 15 is 0 Å². The van der Waals surface area contributed by atoms with Crippen LogP contribution in [0.15, 0.2) is 30.3 Å². The van der Waals surface area contributed by atoms with Crippen LogP contribution in [0.5, 0.6) is 0 Å². The van der Waals surface area contributed by atoms with Crippen molar-refractivity contribution in [2.75, 3.05) is 13.1 Å². The number of nitrogens with one attached hydrogen (secondary N) is 1. The Morgan fingerprint density at radius 3 is 2.29 bits per heavy atom. The number of primary amides is 1. The Balaban J connectivity index is 2.49. The molecular formula is C17H26N2O2. The van der Waals surface area contributed by atoms with E-state index in [1.165, 1.54) is 5.56 Å². The fourth-order valence-electron chi connectivity index (χ4n) is 3.58. The lowest BCUT2D eigenvalue weighted by Crippen LogP contribution is -2.54. The lowest BCUT2D eigenvalue weighted by atomic mass is 9.62. The normalized spacial score (nSPS) is 19.8. The van der Waals surface area contributed by atoms with Gasteiger partial charge in [0.05, 0.1) is 0 Å². The molecule has 4 nitrogen and oxygen atoms in total. The van der Waals surface area contributed by atoms with Crippen LogP contribution < -0.4 is 11.1 Å². The lowest BCUT2D eigenvalue weighted by Gasteiger charge is -2.48. The lowest BCUT2D eigenvalue weighted by molar-refractivity contribution is -0.0322. The van der Waals surface area contributed by atoms with Gasteiger partial charge in [-0.3, -0.25) is 0 Å². The minimum absolute atomic E-state index is 0.178. The van der Waals surface area contributed by atoms with Gasteiger partial charge < -0.3 is 15.8 Å². The van der Waals surface area contributed by atoms with Crippen LogP contribution in [0.4, 0.5) is 4.79 Å². The highest BCUT2D eigenvalue weighted by atomic mass is 16.6. The maximum atomic E-state index is 11.5. The van der Waals surface area contributed by atoms with E-state index in [1.807, 2.05) is 18.2 Å². The molecule has 1 aliphatic heterocycles. The van der Waals surface area contributed by atoms with Crippen LogP contribution in [0.25, 0.3) is 0 Å². The molecule has 0 aliphatic carbocycles. The van der Waals surface area contributed by atoms with Gasteiger partial charge in [0.15, 0.2) is 0 Å². The smallest absolute Gasteiger partial charge is 0.404 e. The second kappa shape index (κ2) is 6.06. The molecule has 4 heteroatoms. The Morgan fingerprint density at radius 2 is 1.81 bits per heavy atom. The van der Waals surface area contributed by atoms with Crippen molar-refractivity contribution in [3.63, 3.8) is 0 Å². The van der Waals surface area contributed by atoms with Crippen LogP contribution in [-0.2, 0) is 10.2 Å². The minimum atomic E-state index is -0.691. The van der Waals surface area contributed by atoms with Crippen molar-refractivity contribution >= 4 is 6.09 Å². The summed E-state index contributed by atoms with van der Waals surface area (Å²) < 4.78 is 5.62. The molecule has 1 aromatic rings. The van der Waals surface area contributed by atoms with Crippen molar-refractivity contribution in [3.05, 3.63) is 35.9 Å². The van der Waals surface area contributed by atoms with Gasteiger partial charge in [0.1, 0.15) is 6.10 Å². The topological polar surface area (TPSA) is 64.3 Å². The number of carbonyl (C=O) groups excluding carboxylic acids is 1. The van der Waals surface area contributed by atoms with Crippen molar-refractivity contribution in [1.82, 2.24) is 5.32 Å². The Labute approximate surface area is 127 Å². The molecule has 21 heavy (non-hydrogen) atoms. The van der Waals surface area contributed by atoms with Crippen LogP contribution in [0.2, 0.25) is 0 Å². The van der Waals surface area contributed by atoms with Crippen molar-refractivity contribution in [2.45, 2.75) is 45.1 Å². The van der Waals surface area contributed by atoms with Gasteiger partial charge in [-0.05, 0) is 36.9 Å². The number of ether oxygens (including phenoxy) is 1. The summed E-state index contributed by atoms with van der Waals surface area (Å²) in [4.78, 5) is 11.5. The summed E-state index contributed by atoms with van der Waals surface area (Å²) in [6, 6.07) is 10.4. The van der Waals surface area contributed by atoms with Crippen molar-refractivity contribution in [2.24, 2.45) is 11.1 Å². The molecule has 2 rings (SSSR count). The van der Waals surface area contributed by atoms with Crippen LogP contribution >= 0.6 is 0 Å². The quantitative estimate of drug-likeness (QED) is 0.899. The molecule has 116 valence electrons. The van der Waals surface area contributed by atoms with Crippen LogP contribution in [0.3, 0.4) is 0 Å². The third-order valence-electron chi connectivity index (χ3n) is 4.37. The van der Waals surface area contributed by atoms with Gasteiger partial charge in [-0.25, -0.2) is 4.79 Å². The van der Waals surface area contributed by atoms with E-state index in [9.17, 15) is 4.79 Å². The van der Waals surface area contributed by atoms with Gasteiger partial charge in [0.25, 0.3) is 0 Å². The standard InChI is InChI=1S/C17H26N2O2/c1-16(2,3)14(21-15(18)20)17(9-11-19-12-10-17)13-7-5-4-6-8-13/h4-8,14,19H,9-12H2,1-3H3,(H2,18,20). The number of hydrogen-bond acceptors (Lipinski definition) is 3. The molecule has 3 N–H and O–H groups in total. The number of nitrogens with two attached hydrogens (primary N) is 1. The molecule has 1 atom stereocenters. The summed E-state index contributed by atoms with van der Waals surface area (Å²) in [6.07, 6.45) is 0.939. The van der Waals surface area contributed by atoms with E-state index in [0.29, 0.717) is 0 Å². The SMILES string of the molecule is CC(C)(C)C(OC(N)=O)C1(c2ccccc2)CCNCC1. The molecule has 1 aromatic carbocycles. The Hall–Kier alpha value is -1.55. The second-order valence-electron chi connectivity index (χ2n) is 6.96. The molecule has 1 unspecified atom stereocenters. The summed E-state index contributed by atoms with van der Waals surface area (Å²) in [5, 5.41) is 3.40. The van der Waals surface area contributed by atoms with Crippen molar-refractivity contribution < 1.29 is 9.53 Å². The highest BCUT2D eigenvalue weighted by Crippen LogP contribution is 2.45. The molecule has 1 heterocycles. The third-order valence-corrected chi connectivity index (χ3v) is 4.37. The summed E-state index contributed by atoms with van der Waals surface area (Å²) in [7, 11) is 0. The van der Waals surface area contributed by atoms with E-state index in [-0.39, 0.29) is 16.9 Å². The highest BCUT2D eigenvalue weighted by molar-refractivity contribution is 5.65. The van der Waals surface area contributed by atoms with Gasteiger partial charge >= 0.3 is 6.09 Å². The van der Waals surface area contributed by atoms with Crippen LogP contribution in [0.1, 0.15) is 39.2 Å². The summed E-state index contributed by atoms with van der Waals surface area (Å²) in [6.45, 7) is 8.15. The zero-order valence-electron chi connectivity index (χ0n) is 13.2. The maximum Gasteiger partial charge on any atom is 0.404 e. The number of benzene rings is 1. The molecule has 1 aliphatic rings. The van der Waals surface area contributed by atoms with Crippen LogP contribution in [-0.4, -0.2) is 25.3 Å². The number of piperidine rings is 1. The van der Waals surface area contributed by atoms with Crippen molar-refractivity contribution in [1.29, 1.82) is 0 Å². The van der Waals surface area contributed by atoms with E-state index in [0.717, 1.165) is 25.9 Å². The van der Waals surface area contributed by atoms with Gasteiger partial charge in [0, 0.05) is 5.41 Å². The minimum Gasteiger partial charge on any atom is -0.445 e. The molecule has 1 fully saturated rings. The Kier molecular flexibility index (Phi) is 4.57. The van der Waals surface area contributed by atoms with Gasteiger partial charge in [-0.15, -0.1) is 0 Å². The monoisotopic (exact) mass is 290 g/mol. The third kappa shape index (κ3) is 3.38. The molecule has 0 saturated carbocycles. The zero-order valence-corrected chi connectivity index (χ0v) is 13.2. The van der Waals surface area contributed by atoms with E-state index in [1.54, 1.807) is 0 Å². The first-order valence-corrected chi connectivity index (χ1v) is 7.58. The largest absolute Gasteiger partial charge is 0.445 e. The first-order valence-electron chi connectivity index (χ1n) is 7.58. The number of hydrogen-bond donors (Lipinski definition) is 2. The number of amides is 1. The highest BCUT2D eigenvalue weighted by Gasteiger charge is 2.48. The van der Waals surface area contributed by atoms with Crippen molar-refractivity contribution in [3.8, 4) is 0 Å². The second-order valence-corrected chi connectivity index (χ2v) is 6.96. The first kappa shape index (κ1) is 15.8. The summed E-state index contributed by atoms with van der Waals surface area (Å²) in [5.74, 6) is 0. The molecule has 0 aromatic heterocycles. The number of carbonyl (C=O) groups is 1. The average Bonchev–Trinajstić information content (AvgIpc) is 2.45. The van der Waals surface area contributed by atoms with E-state index in [2.05, 4.69) is 38.2 Å². The average molecular weight is 290 g/mol. The first-order chi connectivity index (χ1) is 9.86. The molecular weight excluding hydrogens is 264 g/mol. The van der Waals surface area contributed by atoms with Gasteiger partial charge in [-0.2, -0.15) is 0 Å². The molecule has 1 amide bonds. The summed E-state index contributed by atoms with van der Waals surface area (Å²) >= 11 is 0. The zero-order chi connectivity index (χ0) is 15.5. The van der Waals surface area contributed by atoms with E-state index < -0.39 is 6.09 Å². The number of rotatable bonds is 3. The van der Waals surface area contributed by atoms with E-state index in [4.69, 9.17) is 10.5 Å². The Bertz CT molecular complexity index is 473. The fourth-order valence-corrected chi connectivity index (χ4v) is 3.58. The predicted octanol–water partition coefficient (Wildman–Crippen LogP) is 2.82. The predicted molar refractivity (Wildman–Crippen MR) is 84.1 cm³/mol. The maximum absolute atomic E-state index is 11.5. The van der Waals surface area contributed by atoms with Gasteiger partial charge in [0.2, 0.25) is 0 Å². The molecule has 1 saturated heterocycles. The Morgan fingerprint density at radius 1 is 1.24 bits per heavy atom. The summed E-state index contributed by atoms with van der Waals surface area (Å²) in [5.41, 5.74) is 6.23. The van der Waals surface area contributed by atoms with Crippen LogP contribution in [0, 0.1) is 5.41 Å². The molecule has 0 spiro atoms.